The molecule has 164 valence electrons. The Bertz CT molecular complexity index is 1420. The maximum atomic E-state index is 13.8. The Balaban J connectivity index is 1.43. The Morgan fingerprint density at radius 3 is 2.52 bits per heavy atom. The van der Waals surface area contributed by atoms with Crippen molar-refractivity contribution in [3.05, 3.63) is 99.8 Å². The van der Waals surface area contributed by atoms with Gasteiger partial charge in [-0.2, -0.15) is 0 Å². The van der Waals surface area contributed by atoms with Crippen LogP contribution in [0.1, 0.15) is 17.5 Å². The molecule has 33 heavy (non-hydrogen) atoms. The first-order chi connectivity index (χ1) is 16.0. The number of halogens is 2. The van der Waals surface area contributed by atoms with Gasteiger partial charge in [0.05, 0.1) is 17.0 Å². The average Bonchev–Trinajstić information content (AvgIpc) is 2.94. The molecule has 0 radical (unpaired) electrons. The molecule has 0 saturated carbocycles. The minimum atomic E-state index is -0.870. The molecule has 2 aromatic carbocycles. The van der Waals surface area contributed by atoms with Crippen molar-refractivity contribution in [2.75, 3.05) is 10.6 Å². The number of nitrogens with zero attached hydrogens (tertiary/aromatic N) is 1. The van der Waals surface area contributed by atoms with E-state index in [1.165, 1.54) is 6.07 Å². The number of para-hydroxylation sites is 1. The van der Waals surface area contributed by atoms with Crippen LogP contribution >= 0.6 is 0 Å². The van der Waals surface area contributed by atoms with E-state index in [-0.39, 0.29) is 5.56 Å². The van der Waals surface area contributed by atoms with E-state index < -0.39 is 23.4 Å². The second-order valence-electron chi connectivity index (χ2n) is 7.64. The summed E-state index contributed by atoms with van der Waals surface area (Å²) in [6, 6.07) is 17.1. The van der Waals surface area contributed by atoms with Crippen molar-refractivity contribution >= 4 is 28.8 Å². The number of anilines is 2. The molecule has 3 aliphatic rings. The van der Waals surface area contributed by atoms with Crippen LogP contribution in [0.2, 0.25) is 0 Å². The Morgan fingerprint density at radius 1 is 0.909 bits per heavy atom. The molecule has 0 unspecified atom stereocenters. The van der Waals surface area contributed by atoms with Crippen molar-refractivity contribution in [3.8, 4) is 11.3 Å². The van der Waals surface area contributed by atoms with Crippen LogP contribution < -0.4 is 16.2 Å². The lowest BCUT2D eigenvalue weighted by Gasteiger charge is -2.17. The van der Waals surface area contributed by atoms with E-state index in [1.54, 1.807) is 12.1 Å². The molecule has 0 aromatic heterocycles. The maximum absolute atomic E-state index is 13.8. The van der Waals surface area contributed by atoms with E-state index in [1.807, 2.05) is 36.4 Å². The lowest BCUT2D eigenvalue weighted by atomic mass is 9.95. The normalized spacial score (nSPS) is 12.7. The number of nitrogens with one attached hydrogen (secondary N) is 3. The van der Waals surface area contributed by atoms with Crippen molar-refractivity contribution in [1.29, 1.82) is 0 Å². The summed E-state index contributed by atoms with van der Waals surface area (Å²) in [7, 11) is 0. The SMILES string of the molecule is O=C(Nc1ccc2c(c1)N=C(c1c3cccccc-3[nH]c1=O)CC2)Nc1c(F)cccc1F. The third-order valence-corrected chi connectivity index (χ3v) is 5.50. The van der Waals surface area contributed by atoms with Gasteiger partial charge in [0.1, 0.15) is 17.3 Å². The van der Waals surface area contributed by atoms with Crippen LogP contribution in [0.5, 0.6) is 0 Å². The summed E-state index contributed by atoms with van der Waals surface area (Å²) in [5, 5.41) is 4.76. The second-order valence-corrected chi connectivity index (χ2v) is 7.64. The molecule has 2 heterocycles. The summed E-state index contributed by atoms with van der Waals surface area (Å²) in [5.41, 5.74) is 4.03. The van der Waals surface area contributed by atoms with Gasteiger partial charge in [-0.3, -0.25) is 9.79 Å². The fraction of sp³-hybridized carbons (Fsp3) is 0.0800. The fourth-order valence-electron chi connectivity index (χ4n) is 3.95. The van der Waals surface area contributed by atoms with Gasteiger partial charge in [-0.25, -0.2) is 13.6 Å². The number of rotatable bonds is 3. The predicted molar refractivity (Wildman–Crippen MR) is 124 cm³/mol. The van der Waals surface area contributed by atoms with Crippen LogP contribution in [0.3, 0.4) is 0 Å². The molecular weight excluding hydrogens is 426 g/mol. The van der Waals surface area contributed by atoms with Gasteiger partial charge in [0.25, 0.3) is 5.56 Å². The molecule has 5 rings (SSSR count). The van der Waals surface area contributed by atoms with E-state index in [0.29, 0.717) is 35.5 Å². The van der Waals surface area contributed by atoms with Crippen molar-refractivity contribution < 1.29 is 13.6 Å². The molecule has 6 nitrogen and oxygen atoms in total. The Morgan fingerprint density at radius 2 is 1.70 bits per heavy atom. The van der Waals surface area contributed by atoms with E-state index in [0.717, 1.165) is 29.0 Å². The summed E-state index contributed by atoms with van der Waals surface area (Å²) in [6.45, 7) is 0. The highest BCUT2D eigenvalue weighted by molar-refractivity contribution is 6.08. The van der Waals surface area contributed by atoms with Gasteiger partial charge in [-0.05, 0) is 48.7 Å². The summed E-state index contributed by atoms with van der Waals surface area (Å²) < 4.78 is 27.6. The molecule has 2 aliphatic heterocycles. The number of carbonyl (C=O) groups excluding carboxylic acids is 1. The lowest BCUT2D eigenvalue weighted by molar-refractivity contribution is 0.262. The lowest BCUT2D eigenvalue weighted by Crippen LogP contribution is -2.21. The molecule has 2 amide bonds. The van der Waals surface area contributed by atoms with E-state index in [4.69, 9.17) is 4.99 Å². The van der Waals surface area contributed by atoms with Crippen LogP contribution in [-0.2, 0) is 6.42 Å². The van der Waals surface area contributed by atoms with Gasteiger partial charge in [0.2, 0.25) is 0 Å². The van der Waals surface area contributed by atoms with Gasteiger partial charge in [0.15, 0.2) is 0 Å². The van der Waals surface area contributed by atoms with E-state index in [9.17, 15) is 18.4 Å². The number of aromatic nitrogens is 1. The first kappa shape index (κ1) is 20.6. The molecule has 2 aromatic rings. The van der Waals surface area contributed by atoms with Gasteiger partial charge >= 0.3 is 6.03 Å². The van der Waals surface area contributed by atoms with Gasteiger partial charge in [0, 0.05) is 16.9 Å². The number of hydrogen-bond donors (Lipinski definition) is 3. The fourth-order valence-corrected chi connectivity index (χ4v) is 3.95. The molecule has 0 atom stereocenters. The van der Waals surface area contributed by atoms with Crippen molar-refractivity contribution in [3.63, 3.8) is 0 Å². The van der Waals surface area contributed by atoms with Crippen LogP contribution in [0.25, 0.3) is 11.3 Å². The number of aliphatic imine (C=N–C) groups is 1. The standard InChI is InChI=1S/C25H18F2N4O2/c26-17-6-4-7-18(27)23(17)31-25(33)28-15-11-9-14-10-12-20(29-21(14)13-15)22-16-5-2-1-3-8-19(16)30-24(22)32/h1-9,11,13H,10,12H2,(H,30,32)(H2,28,31,33). The minimum Gasteiger partial charge on any atom is -0.321 e. The summed E-state index contributed by atoms with van der Waals surface area (Å²) in [5.74, 6) is -1.74. The van der Waals surface area contributed by atoms with Crippen molar-refractivity contribution in [1.82, 2.24) is 4.98 Å². The molecule has 0 bridgehead atoms. The summed E-state index contributed by atoms with van der Waals surface area (Å²) >= 11 is 0. The first-order valence-electron chi connectivity index (χ1n) is 10.3. The zero-order chi connectivity index (χ0) is 22.9. The van der Waals surface area contributed by atoms with Crippen molar-refractivity contribution in [2.45, 2.75) is 12.8 Å². The number of H-pyrrole nitrogens is 1. The Labute approximate surface area is 187 Å². The maximum Gasteiger partial charge on any atom is 0.323 e. The van der Waals surface area contributed by atoms with Gasteiger partial charge < -0.3 is 15.6 Å². The van der Waals surface area contributed by atoms with Crippen LogP contribution in [0.4, 0.5) is 30.6 Å². The molecule has 1 aliphatic carbocycles. The van der Waals surface area contributed by atoms with E-state index >= 15 is 0 Å². The third-order valence-electron chi connectivity index (χ3n) is 5.50. The summed E-state index contributed by atoms with van der Waals surface area (Å²) in [4.78, 5) is 32.5. The van der Waals surface area contributed by atoms with Crippen LogP contribution in [0, 0.1) is 11.6 Å². The molecular formula is C25H18F2N4O2. The molecule has 0 saturated heterocycles. The number of amides is 2. The predicted octanol–water partition coefficient (Wildman–Crippen LogP) is 5.47. The van der Waals surface area contributed by atoms with Crippen LogP contribution in [-0.4, -0.2) is 16.7 Å². The first-order valence-corrected chi connectivity index (χ1v) is 10.3. The third kappa shape index (κ3) is 3.98. The molecule has 3 N–H and O–H groups in total. The van der Waals surface area contributed by atoms with Crippen LogP contribution in [0.15, 0.2) is 76.5 Å². The number of hydrogen-bond acceptors (Lipinski definition) is 3. The van der Waals surface area contributed by atoms with E-state index in [2.05, 4.69) is 15.6 Å². The number of benzene rings is 2. The molecule has 8 heteroatoms. The molecule has 0 fully saturated rings. The monoisotopic (exact) mass is 444 g/mol. The van der Waals surface area contributed by atoms with Crippen molar-refractivity contribution in [2.24, 2.45) is 4.99 Å². The topological polar surface area (TPSA) is 86.3 Å². The van der Waals surface area contributed by atoms with Gasteiger partial charge in [-0.15, -0.1) is 0 Å². The zero-order valence-corrected chi connectivity index (χ0v) is 17.3. The number of carbonyl (C=O) groups is 1. The second kappa shape index (κ2) is 8.31. The minimum absolute atomic E-state index is 0.195. The smallest absolute Gasteiger partial charge is 0.321 e. The Hall–Kier alpha value is -4.33. The summed E-state index contributed by atoms with van der Waals surface area (Å²) in [6.07, 6.45) is 1.29. The number of urea groups is 1. The average molecular weight is 444 g/mol. The zero-order valence-electron chi connectivity index (χ0n) is 17.3. The largest absolute Gasteiger partial charge is 0.323 e. The highest BCUT2D eigenvalue weighted by Gasteiger charge is 2.22. The Kier molecular flexibility index (Phi) is 5.18. The number of fused-ring (bicyclic) bond motifs is 2. The number of aromatic amines is 1. The van der Waals surface area contributed by atoms with Gasteiger partial charge in [-0.1, -0.05) is 36.4 Å². The quantitative estimate of drug-likeness (QED) is 0.391. The highest BCUT2D eigenvalue weighted by Crippen LogP contribution is 2.32. The number of aryl methyl sites for hydroxylation is 1. The highest BCUT2D eigenvalue weighted by atomic mass is 19.1. The molecule has 0 spiro atoms.